The second-order valence-electron chi connectivity index (χ2n) is 2.66. The van der Waals surface area contributed by atoms with E-state index in [2.05, 4.69) is 13.1 Å². The number of nitrogens with zero attached hydrogens (tertiary/aromatic N) is 2. The first-order chi connectivity index (χ1) is 5.36. The first-order valence-electron chi connectivity index (χ1n) is 4.51. The smallest absolute Gasteiger partial charge is 0.179 e. The van der Waals surface area contributed by atoms with Gasteiger partial charge in [-0.15, -0.1) is 0 Å². The largest absolute Gasteiger partial charge is 0.310 e. The Kier molecular flexibility index (Phi) is 5.64. The molecule has 0 N–H and O–H groups in total. The van der Waals surface area contributed by atoms with E-state index in [-0.39, 0.29) is 0 Å². The zero-order valence-corrected chi connectivity index (χ0v) is 7.80. The Hall–Kier alpha value is -0.710. The third-order valence-corrected chi connectivity index (χ3v) is 1.80. The fraction of sp³-hybridized carbons (Fsp3) is 0.889. The van der Waals surface area contributed by atoms with Crippen LogP contribution in [0.5, 0.6) is 0 Å². The molecule has 0 aromatic heterocycles. The Balaban J connectivity index is 0.000000461. The molecule has 1 aliphatic heterocycles. The van der Waals surface area contributed by atoms with Gasteiger partial charge < -0.3 is 4.90 Å². The van der Waals surface area contributed by atoms with Crippen LogP contribution >= 0.6 is 0 Å². The van der Waals surface area contributed by atoms with Crippen molar-refractivity contribution in [1.29, 1.82) is 5.26 Å². The molecule has 1 aliphatic rings. The molecule has 1 heterocycles. The molecule has 2 heteroatoms. The lowest BCUT2D eigenvalue weighted by Crippen LogP contribution is -2.42. The van der Waals surface area contributed by atoms with Gasteiger partial charge in [0.1, 0.15) is 0 Å². The maximum absolute atomic E-state index is 8.35. The van der Waals surface area contributed by atoms with Gasteiger partial charge in [-0.1, -0.05) is 27.2 Å². The number of rotatable bonds is 2. The summed E-state index contributed by atoms with van der Waals surface area (Å²) < 4.78 is 0. The molecule has 0 radical (unpaired) electrons. The van der Waals surface area contributed by atoms with E-state index in [1.165, 1.54) is 12.8 Å². The highest BCUT2D eigenvalue weighted by Gasteiger charge is 2.23. The highest BCUT2D eigenvalue weighted by atomic mass is 15.2. The summed E-state index contributed by atoms with van der Waals surface area (Å²) in [6.07, 6.45) is 4.67. The van der Waals surface area contributed by atoms with Crippen LogP contribution in [0.3, 0.4) is 0 Å². The zero-order chi connectivity index (χ0) is 8.69. The quantitative estimate of drug-likeness (QED) is 0.570. The van der Waals surface area contributed by atoms with Gasteiger partial charge >= 0.3 is 0 Å². The van der Waals surface area contributed by atoms with E-state index in [4.69, 9.17) is 5.26 Å². The van der Waals surface area contributed by atoms with Crippen molar-refractivity contribution in [2.45, 2.75) is 33.6 Å². The van der Waals surface area contributed by atoms with Crippen LogP contribution in [0.4, 0.5) is 0 Å². The fourth-order valence-corrected chi connectivity index (χ4v) is 1.24. The summed E-state index contributed by atoms with van der Waals surface area (Å²) in [5.74, 6) is 0.814. The first kappa shape index (κ1) is 10.3. The van der Waals surface area contributed by atoms with Gasteiger partial charge in [0.15, 0.2) is 6.19 Å². The summed E-state index contributed by atoms with van der Waals surface area (Å²) in [6.45, 7) is 8.20. The van der Waals surface area contributed by atoms with E-state index in [1.54, 1.807) is 4.90 Å². The summed E-state index contributed by atoms with van der Waals surface area (Å²) in [6, 6.07) is 0. The molecule has 1 rings (SSSR count). The molecule has 1 saturated heterocycles. The van der Waals surface area contributed by atoms with E-state index in [0.717, 1.165) is 19.0 Å². The Morgan fingerprint density at radius 1 is 1.45 bits per heavy atom. The molecule has 1 fully saturated rings. The van der Waals surface area contributed by atoms with Gasteiger partial charge in [0.05, 0.1) is 0 Å². The molecule has 0 bridgehead atoms. The standard InChI is InChI=1S/C7H12N2.C2H6/c1-2-3-7-4-9(5-7)6-8;1-2/h7H,2-5H2,1H3;1-2H3. The van der Waals surface area contributed by atoms with Gasteiger partial charge in [0.2, 0.25) is 0 Å². The van der Waals surface area contributed by atoms with Gasteiger partial charge in [-0.05, 0) is 12.3 Å². The van der Waals surface area contributed by atoms with E-state index < -0.39 is 0 Å². The van der Waals surface area contributed by atoms with Gasteiger partial charge in [-0.3, -0.25) is 0 Å². The summed E-state index contributed by atoms with van der Waals surface area (Å²) in [5, 5.41) is 8.35. The van der Waals surface area contributed by atoms with Crippen molar-refractivity contribution in [3.05, 3.63) is 0 Å². The first-order valence-corrected chi connectivity index (χ1v) is 4.51. The molecule has 0 aromatic rings. The molecule has 0 unspecified atom stereocenters. The highest BCUT2D eigenvalue weighted by molar-refractivity contribution is 4.87. The minimum absolute atomic E-state index is 0.814. The molecule has 0 amide bonds. The van der Waals surface area contributed by atoms with Crippen molar-refractivity contribution < 1.29 is 0 Å². The number of hydrogen-bond donors (Lipinski definition) is 0. The van der Waals surface area contributed by atoms with Crippen molar-refractivity contribution in [1.82, 2.24) is 4.90 Å². The van der Waals surface area contributed by atoms with Crippen LogP contribution < -0.4 is 0 Å². The summed E-state index contributed by atoms with van der Waals surface area (Å²) >= 11 is 0. The predicted molar refractivity (Wildman–Crippen MR) is 46.9 cm³/mol. The summed E-state index contributed by atoms with van der Waals surface area (Å²) in [5.41, 5.74) is 0. The number of nitriles is 1. The normalized spacial score (nSPS) is 16.0. The molecular weight excluding hydrogens is 136 g/mol. The van der Waals surface area contributed by atoms with Gasteiger partial charge in [-0.2, -0.15) is 5.26 Å². The van der Waals surface area contributed by atoms with Gasteiger partial charge in [0.25, 0.3) is 0 Å². The summed E-state index contributed by atoms with van der Waals surface area (Å²) in [7, 11) is 0. The van der Waals surface area contributed by atoms with Crippen molar-refractivity contribution in [2.75, 3.05) is 13.1 Å². The molecule has 0 aliphatic carbocycles. The maximum Gasteiger partial charge on any atom is 0.179 e. The second-order valence-corrected chi connectivity index (χ2v) is 2.66. The molecule has 11 heavy (non-hydrogen) atoms. The Bertz CT molecular complexity index is 120. The van der Waals surface area contributed by atoms with Crippen LogP contribution in [0.2, 0.25) is 0 Å². The van der Waals surface area contributed by atoms with Crippen molar-refractivity contribution in [2.24, 2.45) is 5.92 Å². The van der Waals surface area contributed by atoms with Gasteiger partial charge in [0, 0.05) is 13.1 Å². The Labute approximate surface area is 69.8 Å². The van der Waals surface area contributed by atoms with Crippen LogP contribution in [-0.2, 0) is 0 Å². The fourth-order valence-electron chi connectivity index (χ4n) is 1.24. The van der Waals surface area contributed by atoms with Crippen LogP contribution in [0.25, 0.3) is 0 Å². The van der Waals surface area contributed by atoms with Crippen molar-refractivity contribution in [3.8, 4) is 6.19 Å². The monoisotopic (exact) mass is 154 g/mol. The van der Waals surface area contributed by atoms with Crippen LogP contribution in [0.1, 0.15) is 33.6 Å². The zero-order valence-electron chi connectivity index (χ0n) is 7.80. The van der Waals surface area contributed by atoms with E-state index >= 15 is 0 Å². The molecule has 64 valence electrons. The predicted octanol–water partition coefficient (Wildman–Crippen LogP) is 2.23. The third-order valence-electron chi connectivity index (χ3n) is 1.80. The van der Waals surface area contributed by atoms with Crippen molar-refractivity contribution >= 4 is 0 Å². The van der Waals surface area contributed by atoms with Crippen LogP contribution in [0, 0.1) is 17.4 Å². The molecular formula is C9H18N2. The minimum Gasteiger partial charge on any atom is -0.310 e. The van der Waals surface area contributed by atoms with E-state index in [9.17, 15) is 0 Å². The topological polar surface area (TPSA) is 27.0 Å². The molecule has 0 atom stereocenters. The van der Waals surface area contributed by atoms with Crippen LogP contribution in [0.15, 0.2) is 0 Å². The average Bonchev–Trinajstić information content (AvgIpc) is 2.00. The molecule has 0 aromatic carbocycles. The van der Waals surface area contributed by atoms with Crippen LogP contribution in [-0.4, -0.2) is 18.0 Å². The maximum atomic E-state index is 8.35. The molecule has 2 nitrogen and oxygen atoms in total. The molecule has 0 spiro atoms. The Morgan fingerprint density at radius 2 is 2.00 bits per heavy atom. The lowest BCUT2D eigenvalue weighted by Gasteiger charge is -2.34. The van der Waals surface area contributed by atoms with E-state index in [0.29, 0.717) is 0 Å². The van der Waals surface area contributed by atoms with Gasteiger partial charge in [-0.25, -0.2) is 0 Å². The Morgan fingerprint density at radius 3 is 2.36 bits per heavy atom. The lowest BCUT2D eigenvalue weighted by molar-refractivity contribution is 0.161. The second kappa shape index (κ2) is 6.03. The van der Waals surface area contributed by atoms with Crippen molar-refractivity contribution in [3.63, 3.8) is 0 Å². The lowest BCUT2D eigenvalue weighted by atomic mass is 9.96. The third kappa shape index (κ3) is 3.27. The minimum atomic E-state index is 0.814. The number of likely N-dealkylation sites (tertiary alicyclic amines) is 1. The molecule has 0 saturated carbocycles. The number of hydrogen-bond acceptors (Lipinski definition) is 2. The average molecular weight is 154 g/mol. The van der Waals surface area contributed by atoms with E-state index in [1.807, 2.05) is 13.8 Å². The summed E-state index contributed by atoms with van der Waals surface area (Å²) in [4.78, 5) is 1.81. The SMILES string of the molecule is CC.CCCC1CN(C#N)C1. The highest BCUT2D eigenvalue weighted by Crippen LogP contribution is 2.18.